The highest BCUT2D eigenvalue weighted by molar-refractivity contribution is 5.90. The molecule has 3 aromatic rings. The Hall–Kier alpha value is -3.86. The fourth-order valence-corrected chi connectivity index (χ4v) is 4.02. The van der Waals surface area contributed by atoms with Gasteiger partial charge in [0, 0.05) is 25.2 Å². The number of pyridine rings is 1. The first kappa shape index (κ1) is 22.0. The van der Waals surface area contributed by atoms with Crippen molar-refractivity contribution in [1.82, 2.24) is 19.9 Å². The van der Waals surface area contributed by atoms with Crippen molar-refractivity contribution in [3.8, 4) is 17.4 Å². The second kappa shape index (κ2) is 9.56. The number of benzene rings is 1. The van der Waals surface area contributed by atoms with Gasteiger partial charge in [-0.25, -0.2) is 9.78 Å². The molecule has 1 fully saturated rings. The molecule has 11 heteroatoms. The van der Waals surface area contributed by atoms with Gasteiger partial charge in [-0.1, -0.05) is 0 Å². The molecule has 1 atom stereocenters. The molecular formula is C23H25N5O6. The lowest BCUT2D eigenvalue weighted by molar-refractivity contribution is 0.140. The van der Waals surface area contributed by atoms with Crippen LogP contribution in [0.5, 0.6) is 17.4 Å². The van der Waals surface area contributed by atoms with Crippen molar-refractivity contribution in [1.29, 1.82) is 0 Å². The van der Waals surface area contributed by atoms with Gasteiger partial charge in [-0.3, -0.25) is 14.3 Å². The number of aryl methyl sites for hydroxylation is 1. The van der Waals surface area contributed by atoms with Gasteiger partial charge in [0.1, 0.15) is 24.8 Å². The van der Waals surface area contributed by atoms with Crippen LogP contribution >= 0.6 is 0 Å². The maximum Gasteiger partial charge on any atom is 0.414 e. The molecule has 2 aromatic heterocycles. The number of ether oxygens (including phenoxy) is 4. The van der Waals surface area contributed by atoms with E-state index in [1.54, 1.807) is 33.7 Å². The van der Waals surface area contributed by atoms with Gasteiger partial charge in [-0.05, 0) is 31.2 Å². The predicted molar refractivity (Wildman–Crippen MR) is 123 cm³/mol. The lowest BCUT2D eigenvalue weighted by Gasteiger charge is -2.21. The Labute approximate surface area is 195 Å². The van der Waals surface area contributed by atoms with Crippen LogP contribution in [0.25, 0.3) is 11.2 Å². The molecular weight excluding hydrogens is 442 g/mol. The molecule has 0 saturated carbocycles. The van der Waals surface area contributed by atoms with E-state index in [0.29, 0.717) is 80.0 Å². The normalized spacial score (nSPS) is 17.1. The number of nitrogens with one attached hydrogen (secondary N) is 1. The molecule has 5 rings (SSSR count). The summed E-state index contributed by atoms with van der Waals surface area (Å²) < 4.78 is 23.4. The van der Waals surface area contributed by atoms with Gasteiger partial charge < -0.3 is 24.3 Å². The molecule has 0 aliphatic carbocycles. The second-order valence-corrected chi connectivity index (χ2v) is 7.95. The third-order valence-electron chi connectivity index (χ3n) is 5.69. The van der Waals surface area contributed by atoms with Crippen LogP contribution in [-0.2, 0) is 11.3 Å². The average Bonchev–Trinajstić information content (AvgIpc) is 3.24. The zero-order valence-electron chi connectivity index (χ0n) is 18.7. The fourth-order valence-electron chi connectivity index (χ4n) is 4.02. The summed E-state index contributed by atoms with van der Waals surface area (Å²) in [6, 6.07) is 8.91. The summed E-state index contributed by atoms with van der Waals surface area (Å²) in [5, 5.41) is 3.31. The SMILES string of the molecule is COc1ccc2ncc(=O)n(CCCNC[C@@H]3CN(c4ccc5c(c4)OCCO5)C(=O)O3)c2n1. The third-order valence-corrected chi connectivity index (χ3v) is 5.69. The molecule has 34 heavy (non-hydrogen) atoms. The average molecular weight is 467 g/mol. The number of hydrogen-bond donors (Lipinski definition) is 1. The van der Waals surface area contributed by atoms with Crippen molar-refractivity contribution >= 4 is 22.9 Å². The Bertz CT molecular complexity index is 1260. The second-order valence-electron chi connectivity index (χ2n) is 7.95. The maximum absolute atomic E-state index is 12.4. The van der Waals surface area contributed by atoms with Crippen LogP contribution in [0.4, 0.5) is 10.5 Å². The van der Waals surface area contributed by atoms with E-state index >= 15 is 0 Å². The van der Waals surface area contributed by atoms with Gasteiger partial charge in [0.25, 0.3) is 5.56 Å². The summed E-state index contributed by atoms with van der Waals surface area (Å²) in [6.45, 7) is 3.05. The van der Waals surface area contributed by atoms with Crippen molar-refractivity contribution in [3.05, 3.63) is 46.9 Å². The Balaban J connectivity index is 1.14. The lowest BCUT2D eigenvalue weighted by atomic mass is 10.2. The highest BCUT2D eigenvalue weighted by Crippen LogP contribution is 2.35. The summed E-state index contributed by atoms with van der Waals surface area (Å²) in [5.41, 5.74) is 1.62. The molecule has 1 N–H and O–H groups in total. The fraction of sp³-hybridized carbons (Fsp3) is 0.391. The zero-order valence-corrected chi connectivity index (χ0v) is 18.7. The number of nitrogens with zero attached hydrogens (tertiary/aromatic N) is 4. The maximum atomic E-state index is 12.4. The number of rotatable bonds is 8. The summed E-state index contributed by atoms with van der Waals surface area (Å²) in [6.07, 6.45) is 1.31. The molecule has 0 bridgehead atoms. The van der Waals surface area contributed by atoms with Crippen molar-refractivity contribution in [2.24, 2.45) is 0 Å². The predicted octanol–water partition coefficient (Wildman–Crippen LogP) is 1.58. The molecule has 0 unspecified atom stereocenters. The van der Waals surface area contributed by atoms with Crippen molar-refractivity contribution < 1.29 is 23.7 Å². The minimum atomic E-state index is -0.390. The van der Waals surface area contributed by atoms with E-state index in [1.807, 2.05) is 6.07 Å². The van der Waals surface area contributed by atoms with Crippen LogP contribution in [0, 0.1) is 0 Å². The van der Waals surface area contributed by atoms with Crippen molar-refractivity contribution in [2.45, 2.75) is 19.1 Å². The van der Waals surface area contributed by atoms with E-state index in [4.69, 9.17) is 18.9 Å². The summed E-state index contributed by atoms with van der Waals surface area (Å²) in [4.78, 5) is 34.8. The van der Waals surface area contributed by atoms with E-state index in [9.17, 15) is 9.59 Å². The molecule has 1 saturated heterocycles. The molecule has 2 aliphatic heterocycles. The monoisotopic (exact) mass is 467 g/mol. The minimum Gasteiger partial charge on any atom is -0.486 e. The van der Waals surface area contributed by atoms with E-state index in [1.165, 1.54) is 13.3 Å². The highest BCUT2D eigenvalue weighted by Gasteiger charge is 2.32. The van der Waals surface area contributed by atoms with Crippen LogP contribution in [0.2, 0.25) is 0 Å². The van der Waals surface area contributed by atoms with E-state index in [2.05, 4.69) is 15.3 Å². The van der Waals surface area contributed by atoms with Gasteiger partial charge >= 0.3 is 6.09 Å². The van der Waals surface area contributed by atoms with Gasteiger partial charge in [0.2, 0.25) is 5.88 Å². The van der Waals surface area contributed by atoms with E-state index in [0.717, 1.165) is 0 Å². The third kappa shape index (κ3) is 4.46. The Kier molecular flexibility index (Phi) is 6.17. The molecule has 2 aliphatic rings. The van der Waals surface area contributed by atoms with Crippen molar-refractivity contribution in [2.75, 3.05) is 44.9 Å². The van der Waals surface area contributed by atoms with E-state index < -0.39 is 6.09 Å². The van der Waals surface area contributed by atoms with Crippen molar-refractivity contribution in [3.63, 3.8) is 0 Å². The number of amides is 1. The topological polar surface area (TPSA) is 117 Å². The molecule has 0 radical (unpaired) electrons. The van der Waals surface area contributed by atoms with Crippen LogP contribution in [0.15, 0.2) is 41.3 Å². The van der Waals surface area contributed by atoms with Gasteiger partial charge in [0.05, 0.1) is 25.5 Å². The number of anilines is 1. The first-order valence-electron chi connectivity index (χ1n) is 11.1. The number of aromatic nitrogens is 3. The van der Waals surface area contributed by atoms with Gasteiger partial charge in [0.15, 0.2) is 17.1 Å². The highest BCUT2D eigenvalue weighted by atomic mass is 16.6. The smallest absolute Gasteiger partial charge is 0.414 e. The number of fused-ring (bicyclic) bond motifs is 2. The van der Waals surface area contributed by atoms with Crippen LogP contribution in [-0.4, -0.2) is 66.7 Å². The zero-order chi connectivity index (χ0) is 23.5. The lowest BCUT2D eigenvalue weighted by Crippen LogP contribution is -2.32. The Morgan fingerprint density at radius 3 is 2.85 bits per heavy atom. The Morgan fingerprint density at radius 2 is 2.00 bits per heavy atom. The minimum absolute atomic E-state index is 0.215. The first-order valence-corrected chi connectivity index (χ1v) is 11.1. The largest absolute Gasteiger partial charge is 0.486 e. The van der Waals surface area contributed by atoms with E-state index in [-0.39, 0.29) is 11.7 Å². The standard InChI is InChI=1S/C23H25N5O6/c1-31-20-6-4-17-22(26-20)27(21(29)13-25-17)8-2-7-24-12-16-14-28(23(30)34-16)15-3-5-18-19(11-15)33-10-9-32-18/h3-6,11,13,16,24H,2,7-10,12,14H2,1H3/t16-/m1/s1. The quantitative estimate of drug-likeness (QED) is 0.493. The first-order chi connectivity index (χ1) is 16.6. The van der Waals surface area contributed by atoms with Gasteiger partial charge in [-0.2, -0.15) is 4.98 Å². The number of methoxy groups -OCH3 is 1. The molecule has 0 spiro atoms. The molecule has 178 valence electrons. The number of hydrogen-bond acceptors (Lipinski definition) is 9. The number of carbonyl (C=O) groups is 1. The van der Waals surface area contributed by atoms with Crippen LogP contribution in [0.1, 0.15) is 6.42 Å². The molecule has 4 heterocycles. The molecule has 1 aromatic carbocycles. The summed E-state index contributed by atoms with van der Waals surface area (Å²) in [7, 11) is 1.53. The van der Waals surface area contributed by atoms with Crippen LogP contribution in [0.3, 0.4) is 0 Å². The Morgan fingerprint density at radius 1 is 1.15 bits per heavy atom. The number of cyclic esters (lactones) is 1. The van der Waals surface area contributed by atoms with Crippen LogP contribution < -0.4 is 30.0 Å². The number of carbonyl (C=O) groups excluding carboxylic acids is 1. The van der Waals surface area contributed by atoms with Gasteiger partial charge in [-0.15, -0.1) is 0 Å². The summed E-state index contributed by atoms with van der Waals surface area (Å²) >= 11 is 0. The summed E-state index contributed by atoms with van der Waals surface area (Å²) in [5.74, 6) is 1.73. The molecule has 1 amide bonds. The molecule has 11 nitrogen and oxygen atoms in total.